The predicted molar refractivity (Wildman–Crippen MR) is 59.3 cm³/mol. The second-order valence-corrected chi connectivity index (χ2v) is 3.66. The molecule has 0 bridgehead atoms. The van der Waals surface area contributed by atoms with Gasteiger partial charge in [0, 0.05) is 12.4 Å². The lowest BCUT2D eigenvalue weighted by Crippen LogP contribution is -2.00. The first-order chi connectivity index (χ1) is 6.88. The number of unbranched alkanes of at least 4 members (excludes halogenated alkanes) is 2. The summed E-state index contributed by atoms with van der Waals surface area (Å²) in [7, 11) is 0. The van der Waals surface area contributed by atoms with E-state index in [1.165, 1.54) is 37.1 Å². The summed E-state index contributed by atoms with van der Waals surface area (Å²) in [6.45, 7) is 4.42. The largest absolute Gasteiger partial charge is 0.258 e. The number of hydrogen-bond acceptors (Lipinski definition) is 2. The molecular weight excluding hydrogens is 172 g/mol. The Morgan fingerprint density at radius 1 is 0.857 bits per heavy atom. The molecule has 1 aromatic rings. The molecule has 0 aliphatic heterocycles. The van der Waals surface area contributed by atoms with Gasteiger partial charge in [-0.2, -0.15) is 0 Å². The Labute approximate surface area is 86.8 Å². The van der Waals surface area contributed by atoms with Crippen LogP contribution in [0.2, 0.25) is 0 Å². The number of nitrogens with zero attached hydrogens (tertiary/aromatic N) is 2. The minimum absolute atomic E-state index is 1.09. The van der Waals surface area contributed by atoms with Gasteiger partial charge in [-0.25, -0.2) is 0 Å². The molecule has 0 unspecified atom stereocenters. The summed E-state index contributed by atoms with van der Waals surface area (Å²) in [5, 5.41) is 0. The molecule has 0 radical (unpaired) electrons. The van der Waals surface area contributed by atoms with E-state index in [9.17, 15) is 0 Å². The maximum Gasteiger partial charge on any atom is 0.0618 e. The zero-order valence-electron chi connectivity index (χ0n) is 9.29. The van der Waals surface area contributed by atoms with Crippen LogP contribution in [0.1, 0.15) is 50.9 Å². The molecule has 0 aliphatic carbocycles. The third-order valence-electron chi connectivity index (χ3n) is 2.39. The van der Waals surface area contributed by atoms with Crippen LogP contribution < -0.4 is 0 Å². The molecule has 2 nitrogen and oxygen atoms in total. The topological polar surface area (TPSA) is 25.8 Å². The number of hydrogen-bond donors (Lipinski definition) is 0. The van der Waals surface area contributed by atoms with E-state index in [2.05, 4.69) is 23.8 Å². The summed E-state index contributed by atoms with van der Waals surface area (Å²) in [5.74, 6) is 0. The van der Waals surface area contributed by atoms with Gasteiger partial charge in [0.25, 0.3) is 0 Å². The molecule has 0 aromatic carbocycles. The zero-order chi connectivity index (χ0) is 10.2. The Morgan fingerprint density at radius 2 is 1.29 bits per heavy atom. The van der Waals surface area contributed by atoms with E-state index in [1.54, 1.807) is 12.4 Å². The van der Waals surface area contributed by atoms with Gasteiger partial charge in [0.15, 0.2) is 0 Å². The van der Waals surface area contributed by atoms with E-state index in [1.807, 2.05) is 0 Å². The fraction of sp³-hybridized carbons (Fsp3) is 0.667. The van der Waals surface area contributed by atoms with Crippen LogP contribution in [-0.4, -0.2) is 9.97 Å². The Bertz CT molecular complexity index is 231. The molecule has 0 saturated heterocycles. The molecule has 2 heteroatoms. The highest BCUT2D eigenvalue weighted by Crippen LogP contribution is 2.09. The van der Waals surface area contributed by atoms with Gasteiger partial charge in [-0.1, -0.05) is 26.7 Å². The van der Waals surface area contributed by atoms with Gasteiger partial charge in [-0.3, -0.25) is 9.97 Å². The molecule has 0 spiro atoms. The second-order valence-electron chi connectivity index (χ2n) is 3.66. The number of aromatic nitrogens is 2. The summed E-state index contributed by atoms with van der Waals surface area (Å²) < 4.78 is 0. The van der Waals surface area contributed by atoms with Crippen molar-refractivity contribution in [3.8, 4) is 0 Å². The van der Waals surface area contributed by atoms with Crippen LogP contribution in [0.3, 0.4) is 0 Å². The van der Waals surface area contributed by atoms with Crippen LogP contribution in [-0.2, 0) is 12.8 Å². The van der Waals surface area contributed by atoms with E-state index >= 15 is 0 Å². The standard InChI is InChI=1S/C12H20N2/c1-3-5-7-11-12(8-6-4-2)14-10-9-13-11/h9-10H,3-8H2,1-2H3. The van der Waals surface area contributed by atoms with E-state index < -0.39 is 0 Å². The molecule has 1 rings (SSSR count). The highest BCUT2D eigenvalue weighted by Gasteiger charge is 2.03. The molecule has 0 fully saturated rings. The number of aryl methyl sites for hydroxylation is 2. The van der Waals surface area contributed by atoms with Crippen LogP contribution >= 0.6 is 0 Å². The van der Waals surface area contributed by atoms with Gasteiger partial charge < -0.3 is 0 Å². The molecular formula is C12H20N2. The van der Waals surface area contributed by atoms with Crippen LogP contribution in [0, 0.1) is 0 Å². The maximum absolute atomic E-state index is 4.41. The average molecular weight is 192 g/mol. The van der Waals surface area contributed by atoms with Gasteiger partial charge in [-0.15, -0.1) is 0 Å². The van der Waals surface area contributed by atoms with Crippen LogP contribution in [0.4, 0.5) is 0 Å². The fourth-order valence-corrected chi connectivity index (χ4v) is 1.50. The molecule has 1 heterocycles. The van der Waals surface area contributed by atoms with E-state index in [4.69, 9.17) is 0 Å². The van der Waals surface area contributed by atoms with Crippen LogP contribution in [0.15, 0.2) is 12.4 Å². The van der Waals surface area contributed by atoms with Crippen molar-refractivity contribution in [3.63, 3.8) is 0 Å². The molecule has 0 saturated carbocycles. The lowest BCUT2D eigenvalue weighted by atomic mass is 10.1. The summed E-state index contributed by atoms with van der Waals surface area (Å²) in [5.41, 5.74) is 2.42. The van der Waals surface area contributed by atoms with Crippen molar-refractivity contribution in [1.82, 2.24) is 9.97 Å². The normalized spacial score (nSPS) is 10.4. The molecule has 78 valence electrons. The third-order valence-corrected chi connectivity index (χ3v) is 2.39. The minimum atomic E-state index is 1.09. The molecule has 0 atom stereocenters. The van der Waals surface area contributed by atoms with Gasteiger partial charge >= 0.3 is 0 Å². The van der Waals surface area contributed by atoms with Crippen molar-refractivity contribution >= 4 is 0 Å². The van der Waals surface area contributed by atoms with Gasteiger partial charge in [-0.05, 0) is 25.7 Å². The summed E-state index contributed by atoms with van der Waals surface area (Å²) in [6.07, 6.45) is 10.7. The number of rotatable bonds is 6. The van der Waals surface area contributed by atoms with E-state index in [0.29, 0.717) is 0 Å². The Kier molecular flexibility index (Phi) is 5.20. The first-order valence-corrected chi connectivity index (χ1v) is 5.67. The van der Waals surface area contributed by atoms with Gasteiger partial charge in [0.1, 0.15) is 0 Å². The van der Waals surface area contributed by atoms with E-state index in [0.717, 1.165) is 12.8 Å². The van der Waals surface area contributed by atoms with Crippen molar-refractivity contribution in [2.24, 2.45) is 0 Å². The predicted octanol–water partition coefficient (Wildman–Crippen LogP) is 3.16. The zero-order valence-corrected chi connectivity index (χ0v) is 9.29. The Hall–Kier alpha value is -0.920. The third kappa shape index (κ3) is 3.44. The van der Waals surface area contributed by atoms with E-state index in [-0.39, 0.29) is 0 Å². The van der Waals surface area contributed by atoms with Crippen molar-refractivity contribution in [2.75, 3.05) is 0 Å². The van der Waals surface area contributed by atoms with Gasteiger partial charge in [0.2, 0.25) is 0 Å². The Morgan fingerprint density at radius 3 is 1.64 bits per heavy atom. The summed E-state index contributed by atoms with van der Waals surface area (Å²) in [6, 6.07) is 0. The second kappa shape index (κ2) is 6.52. The van der Waals surface area contributed by atoms with Crippen molar-refractivity contribution < 1.29 is 0 Å². The first-order valence-electron chi connectivity index (χ1n) is 5.67. The molecule has 0 N–H and O–H groups in total. The average Bonchev–Trinajstić information content (AvgIpc) is 2.24. The molecule has 0 aliphatic rings. The quantitative estimate of drug-likeness (QED) is 0.692. The van der Waals surface area contributed by atoms with Crippen LogP contribution in [0.25, 0.3) is 0 Å². The fourth-order valence-electron chi connectivity index (χ4n) is 1.50. The molecule has 1 aromatic heterocycles. The monoisotopic (exact) mass is 192 g/mol. The lowest BCUT2D eigenvalue weighted by molar-refractivity contribution is 0.722. The molecule has 0 amide bonds. The van der Waals surface area contributed by atoms with Crippen LogP contribution in [0.5, 0.6) is 0 Å². The van der Waals surface area contributed by atoms with Crippen molar-refractivity contribution in [1.29, 1.82) is 0 Å². The summed E-state index contributed by atoms with van der Waals surface area (Å²) >= 11 is 0. The first kappa shape index (κ1) is 11.2. The highest BCUT2D eigenvalue weighted by molar-refractivity contribution is 5.10. The Balaban J connectivity index is 2.60. The van der Waals surface area contributed by atoms with Crippen molar-refractivity contribution in [2.45, 2.75) is 52.4 Å². The summed E-state index contributed by atoms with van der Waals surface area (Å²) in [4.78, 5) is 8.81. The molecule has 14 heavy (non-hydrogen) atoms. The van der Waals surface area contributed by atoms with Gasteiger partial charge in [0.05, 0.1) is 11.4 Å². The van der Waals surface area contributed by atoms with Crippen molar-refractivity contribution in [3.05, 3.63) is 23.8 Å². The minimum Gasteiger partial charge on any atom is -0.258 e. The maximum atomic E-state index is 4.41. The SMILES string of the molecule is CCCCc1nccnc1CCCC. The smallest absolute Gasteiger partial charge is 0.0618 e. The highest BCUT2D eigenvalue weighted by atomic mass is 14.8. The lowest BCUT2D eigenvalue weighted by Gasteiger charge is -2.05.